The quantitative estimate of drug-likeness (QED) is 0.778. The average molecular weight is 250 g/mol. The smallest absolute Gasteiger partial charge is 0.0861 e. The first-order valence-corrected chi connectivity index (χ1v) is 7.26. The van der Waals surface area contributed by atoms with Crippen LogP contribution in [-0.4, -0.2) is 35.2 Å². The van der Waals surface area contributed by atoms with Crippen molar-refractivity contribution in [2.45, 2.75) is 64.0 Å². The molecule has 1 saturated carbocycles. The van der Waals surface area contributed by atoms with Gasteiger partial charge >= 0.3 is 0 Å². The molecule has 3 heteroatoms. The van der Waals surface area contributed by atoms with Gasteiger partial charge in [0, 0.05) is 12.6 Å². The average Bonchev–Trinajstić information content (AvgIpc) is 2.35. The first kappa shape index (κ1) is 13.8. The van der Waals surface area contributed by atoms with E-state index >= 15 is 0 Å². The van der Waals surface area contributed by atoms with E-state index in [-0.39, 0.29) is 0 Å². The Kier molecular flexibility index (Phi) is 3.71. The summed E-state index contributed by atoms with van der Waals surface area (Å²) in [6, 6.07) is 2.88. The molecule has 102 valence electrons. The lowest BCUT2D eigenvalue weighted by molar-refractivity contribution is -0.123. The number of piperidine rings is 1. The number of rotatable bonds is 1. The Morgan fingerprint density at radius 3 is 2.33 bits per heavy atom. The summed E-state index contributed by atoms with van der Waals surface area (Å²) in [4.78, 5) is 2.28. The molecule has 3 nitrogen and oxygen atoms in total. The van der Waals surface area contributed by atoms with E-state index in [0.29, 0.717) is 12.0 Å². The van der Waals surface area contributed by atoms with Gasteiger partial charge in [-0.2, -0.15) is 5.26 Å². The number of nitriles is 1. The Morgan fingerprint density at radius 1 is 1.22 bits per heavy atom. The third kappa shape index (κ3) is 2.17. The monoisotopic (exact) mass is 250 g/mol. The normalized spacial score (nSPS) is 46.6. The van der Waals surface area contributed by atoms with Crippen LogP contribution in [0.1, 0.15) is 52.4 Å². The second-order valence-corrected chi connectivity index (χ2v) is 6.69. The molecule has 0 aromatic carbocycles. The Balaban J connectivity index is 2.19. The first-order chi connectivity index (χ1) is 8.42. The summed E-state index contributed by atoms with van der Waals surface area (Å²) in [5.74, 6) is 0.707. The molecule has 0 aromatic rings. The van der Waals surface area contributed by atoms with E-state index in [1.807, 2.05) is 0 Å². The summed E-state index contributed by atoms with van der Waals surface area (Å²) in [7, 11) is 2.10. The molecule has 0 spiro atoms. The van der Waals surface area contributed by atoms with Gasteiger partial charge in [-0.05, 0) is 58.4 Å². The van der Waals surface area contributed by atoms with Crippen LogP contribution in [0.2, 0.25) is 0 Å². The van der Waals surface area contributed by atoms with Gasteiger partial charge in [-0.25, -0.2) is 0 Å². The summed E-state index contributed by atoms with van der Waals surface area (Å²) in [6.45, 7) is 5.31. The molecule has 0 radical (unpaired) electrons. The largest absolute Gasteiger partial charge is 0.388 e. The predicted molar refractivity (Wildman–Crippen MR) is 72.0 cm³/mol. The molecule has 1 saturated heterocycles. The lowest BCUT2D eigenvalue weighted by Gasteiger charge is -2.51. The van der Waals surface area contributed by atoms with Crippen molar-refractivity contribution in [3.8, 4) is 6.07 Å². The Bertz CT molecular complexity index is 341. The van der Waals surface area contributed by atoms with Crippen LogP contribution >= 0.6 is 0 Å². The number of nitrogens with zero attached hydrogens (tertiary/aromatic N) is 2. The fourth-order valence-corrected chi connectivity index (χ4v) is 3.70. The van der Waals surface area contributed by atoms with Gasteiger partial charge in [0.05, 0.1) is 17.1 Å². The lowest BCUT2D eigenvalue weighted by Crippen LogP contribution is -2.57. The van der Waals surface area contributed by atoms with Crippen molar-refractivity contribution in [2.24, 2.45) is 11.3 Å². The Morgan fingerprint density at radius 2 is 1.83 bits per heavy atom. The predicted octanol–water partition coefficient (Wildman–Crippen LogP) is 2.55. The van der Waals surface area contributed by atoms with Crippen molar-refractivity contribution in [2.75, 3.05) is 13.6 Å². The molecular weight excluding hydrogens is 224 g/mol. The van der Waals surface area contributed by atoms with Crippen LogP contribution in [0, 0.1) is 22.7 Å². The van der Waals surface area contributed by atoms with E-state index in [1.54, 1.807) is 0 Å². The minimum absolute atomic E-state index is 0.369. The van der Waals surface area contributed by atoms with E-state index in [0.717, 1.165) is 45.1 Å². The van der Waals surface area contributed by atoms with Gasteiger partial charge in [0.25, 0.3) is 0 Å². The summed E-state index contributed by atoms with van der Waals surface area (Å²) in [6.07, 6.45) is 5.40. The zero-order chi connectivity index (χ0) is 13.4. The van der Waals surface area contributed by atoms with Crippen LogP contribution in [0.15, 0.2) is 0 Å². The summed E-state index contributed by atoms with van der Waals surface area (Å²) < 4.78 is 0. The van der Waals surface area contributed by atoms with Crippen LogP contribution in [-0.2, 0) is 0 Å². The minimum atomic E-state index is -0.770. The van der Waals surface area contributed by atoms with Gasteiger partial charge in [0.1, 0.15) is 0 Å². The number of likely N-dealkylation sites (tertiary alicyclic amines) is 1. The highest BCUT2D eigenvalue weighted by Gasteiger charge is 2.53. The molecule has 1 N–H and O–H groups in total. The van der Waals surface area contributed by atoms with Crippen molar-refractivity contribution in [1.82, 2.24) is 4.90 Å². The molecule has 2 rings (SSSR count). The van der Waals surface area contributed by atoms with E-state index in [9.17, 15) is 10.4 Å². The van der Waals surface area contributed by atoms with Crippen LogP contribution in [0.5, 0.6) is 0 Å². The highest BCUT2D eigenvalue weighted by molar-refractivity contribution is 5.14. The van der Waals surface area contributed by atoms with Crippen molar-refractivity contribution >= 4 is 0 Å². The lowest BCUT2D eigenvalue weighted by atomic mass is 9.59. The summed E-state index contributed by atoms with van der Waals surface area (Å²) >= 11 is 0. The van der Waals surface area contributed by atoms with Gasteiger partial charge in [0.2, 0.25) is 0 Å². The van der Waals surface area contributed by atoms with E-state index in [4.69, 9.17) is 0 Å². The molecule has 1 aliphatic heterocycles. The van der Waals surface area contributed by atoms with Gasteiger partial charge in [-0.3, -0.25) is 0 Å². The van der Waals surface area contributed by atoms with Crippen LogP contribution in [0.3, 0.4) is 0 Å². The maximum Gasteiger partial charge on any atom is 0.0861 e. The molecular formula is C15H26N2O. The third-order valence-electron chi connectivity index (χ3n) is 5.50. The van der Waals surface area contributed by atoms with Gasteiger partial charge in [0.15, 0.2) is 0 Å². The molecule has 2 atom stereocenters. The highest BCUT2D eigenvalue weighted by atomic mass is 16.3. The number of hydrogen-bond acceptors (Lipinski definition) is 3. The van der Waals surface area contributed by atoms with Crippen molar-refractivity contribution < 1.29 is 5.11 Å². The molecule has 1 heterocycles. The van der Waals surface area contributed by atoms with E-state index in [2.05, 4.69) is 31.9 Å². The zero-order valence-electron chi connectivity index (χ0n) is 11.9. The molecule has 2 aliphatic rings. The molecule has 1 aliphatic carbocycles. The Labute approximate surface area is 111 Å². The first-order valence-electron chi connectivity index (χ1n) is 7.26. The molecule has 18 heavy (non-hydrogen) atoms. The van der Waals surface area contributed by atoms with Crippen molar-refractivity contribution in [3.05, 3.63) is 0 Å². The summed E-state index contributed by atoms with van der Waals surface area (Å²) in [5.41, 5.74) is -1.26. The maximum absolute atomic E-state index is 11.1. The van der Waals surface area contributed by atoms with Crippen molar-refractivity contribution in [1.29, 1.82) is 5.26 Å². The van der Waals surface area contributed by atoms with E-state index < -0.39 is 11.0 Å². The van der Waals surface area contributed by atoms with Crippen LogP contribution in [0.4, 0.5) is 0 Å². The van der Waals surface area contributed by atoms with Crippen LogP contribution in [0.25, 0.3) is 0 Å². The second-order valence-electron chi connectivity index (χ2n) is 6.69. The molecule has 0 bridgehead atoms. The molecule has 0 amide bonds. The third-order valence-corrected chi connectivity index (χ3v) is 5.50. The second kappa shape index (κ2) is 4.83. The SMILES string of the molecule is CC1CCC(C#N)(C2(O)CCN(C)C(C)C2)CC1. The molecule has 2 unspecified atom stereocenters. The van der Waals surface area contributed by atoms with Crippen molar-refractivity contribution in [3.63, 3.8) is 0 Å². The topological polar surface area (TPSA) is 47.3 Å². The van der Waals surface area contributed by atoms with Gasteiger partial charge in [-0.15, -0.1) is 0 Å². The van der Waals surface area contributed by atoms with Crippen LogP contribution < -0.4 is 0 Å². The number of aliphatic hydroxyl groups is 1. The summed E-state index contributed by atoms with van der Waals surface area (Å²) in [5, 5.41) is 20.7. The molecule has 0 aromatic heterocycles. The fourth-order valence-electron chi connectivity index (χ4n) is 3.70. The molecule has 2 fully saturated rings. The highest BCUT2D eigenvalue weighted by Crippen LogP contribution is 2.50. The standard InChI is InChI=1S/C15H26N2O/c1-12-4-6-14(11-16,7-5-12)15(18)8-9-17(3)13(2)10-15/h12-13,18H,4-10H2,1-3H3. The Hall–Kier alpha value is -0.590. The zero-order valence-corrected chi connectivity index (χ0v) is 11.9. The van der Waals surface area contributed by atoms with Gasteiger partial charge in [-0.1, -0.05) is 6.92 Å². The minimum Gasteiger partial charge on any atom is -0.388 e. The maximum atomic E-state index is 11.1. The number of hydrogen-bond donors (Lipinski definition) is 1. The van der Waals surface area contributed by atoms with Gasteiger partial charge < -0.3 is 10.0 Å². The van der Waals surface area contributed by atoms with E-state index in [1.165, 1.54) is 0 Å². The fraction of sp³-hybridized carbons (Fsp3) is 0.933.